The lowest BCUT2D eigenvalue weighted by molar-refractivity contribution is 0.0959. The molecule has 0 aliphatic heterocycles. The highest BCUT2D eigenvalue weighted by atomic mass is 32.1. The SMILES string of the molecule is CCOc1ccc(/C=N/NC(=O)c2cc3c(s2)CC[C@H](C)C3)c(O)c1. The number of ether oxygens (including phenoxy) is 1. The third kappa shape index (κ3) is 4.20. The fourth-order valence-electron chi connectivity index (χ4n) is 2.92. The van der Waals surface area contributed by atoms with Gasteiger partial charge in [-0.1, -0.05) is 6.92 Å². The summed E-state index contributed by atoms with van der Waals surface area (Å²) < 4.78 is 5.32. The Kier molecular flexibility index (Phi) is 5.38. The molecular weight excluding hydrogens is 336 g/mol. The van der Waals surface area contributed by atoms with Crippen LogP contribution in [-0.4, -0.2) is 23.8 Å². The molecular formula is C19H22N2O3S. The van der Waals surface area contributed by atoms with Crippen LogP contribution < -0.4 is 10.2 Å². The Morgan fingerprint density at radius 3 is 3.08 bits per heavy atom. The molecule has 0 spiro atoms. The number of hydrogen-bond acceptors (Lipinski definition) is 5. The number of carbonyl (C=O) groups is 1. The van der Waals surface area contributed by atoms with Crippen molar-refractivity contribution >= 4 is 23.5 Å². The highest BCUT2D eigenvalue weighted by Gasteiger charge is 2.20. The van der Waals surface area contributed by atoms with E-state index in [1.54, 1.807) is 23.5 Å². The first-order valence-corrected chi connectivity index (χ1v) is 9.29. The number of nitrogens with one attached hydrogen (secondary N) is 1. The average molecular weight is 358 g/mol. The maximum Gasteiger partial charge on any atom is 0.281 e. The molecule has 2 N–H and O–H groups in total. The molecule has 1 amide bonds. The summed E-state index contributed by atoms with van der Waals surface area (Å²) in [7, 11) is 0. The average Bonchev–Trinajstić information content (AvgIpc) is 3.00. The zero-order valence-electron chi connectivity index (χ0n) is 14.4. The van der Waals surface area contributed by atoms with Crippen molar-refractivity contribution in [3.63, 3.8) is 0 Å². The number of nitrogens with zero attached hydrogens (tertiary/aromatic N) is 1. The summed E-state index contributed by atoms with van der Waals surface area (Å²) in [5.74, 6) is 1.12. The van der Waals surface area contributed by atoms with E-state index in [0.717, 1.165) is 12.8 Å². The van der Waals surface area contributed by atoms with Crippen LogP contribution in [0.2, 0.25) is 0 Å². The van der Waals surface area contributed by atoms with Gasteiger partial charge in [-0.05, 0) is 55.9 Å². The van der Waals surface area contributed by atoms with E-state index in [9.17, 15) is 9.90 Å². The Bertz CT molecular complexity index is 798. The van der Waals surface area contributed by atoms with E-state index >= 15 is 0 Å². The summed E-state index contributed by atoms with van der Waals surface area (Å²) in [4.78, 5) is 14.3. The van der Waals surface area contributed by atoms with E-state index in [2.05, 4.69) is 17.5 Å². The highest BCUT2D eigenvalue weighted by molar-refractivity contribution is 7.14. The molecule has 25 heavy (non-hydrogen) atoms. The number of phenols is 1. The quantitative estimate of drug-likeness (QED) is 0.632. The zero-order valence-corrected chi connectivity index (χ0v) is 15.2. The molecule has 5 nitrogen and oxygen atoms in total. The lowest BCUT2D eigenvalue weighted by atomic mass is 9.90. The number of hydrogen-bond donors (Lipinski definition) is 2. The fraction of sp³-hybridized carbons (Fsp3) is 0.368. The summed E-state index contributed by atoms with van der Waals surface area (Å²) in [5, 5.41) is 13.9. The van der Waals surface area contributed by atoms with E-state index in [1.807, 2.05) is 13.0 Å². The van der Waals surface area contributed by atoms with Crippen LogP contribution in [0.4, 0.5) is 0 Å². The molecule has 3 rings (SSSR count). The number of benzene rings is 1. The summed E-state index contributed by atoms with van der Waals surface area (Å²) in [6.45, 7) is 4.66. The molecule has 0 radical (unpaired) electrons. The predicted octanol–water partition coefficient (Wildman–Crippen LogP) is 3.74. The normalized spacial score (nSPS) is 16.6. The molecule has 0 unspecified atom stereocenters. The molecule has 0 saturated heterocycles. The third-order valence-electron chi connectivity index (χ3n) is 4.24. The molecule has 1 aromatic carbocycles. The number of aromatic hydroxyl groups is 1. The van der Waals surface area contributed by atoms with E-state index in [4.69, 9.17) is 4.74 Å². The highest BCUT2D eigenvalue weighted by Crippen LogP contribution is 2.32. The van der Waals surface area contributed by atoms with Gasteiger partial charge in [-0.3, -0.25) is 4.79 Å². The number of phenolic OH excluding ortho intramolecular Hbond substituents is 1. The molecule has 0 fully saturated rings. The summed E-state index contributed by atoms with van der Waals surface area (Å²) in [5.41, 5.74) is 4.34. The Balaban J connectivity index is 1.63. The maximum absolute atomic E-state index is 12.3. The van der Waals surface area contributed by atoms with Crippen LogP contribution in [0.3, 0.4) is 0 Å². The van der Waals surface area contributed by atoms with Crippen molar-refractivity contribution in [3.05, 3.63) is 45.1 Å². The molecule has 1 aromatic heterocycles. The molecule has 1 atom stereocenters. The van der Waals surface area contributed by atoms with Crippen LogP contribution >= 0.6 is 11.3 Å². The van der Waals surface area contributed by atoms with Gasteiger partial charge in [-0.2, -0.15) is 5.10 Å². The minimum atomic E-state index is -0.214. The molecule has 1 aliphatic carbocycles. The molecule has 6 heteroatoms. The zero-order chi connectivity index (χ0) is 17.8. The van der Waals surface area contributed by atoms with Crippen molar-refractivity contribution in [2.45, 2.75) is 33.1 Å². The van der Waals surface area contributed by atoms with Crippen LogP contribution in [0.25, 0.3) is 0 Å². The van der Waals surface area contributed by atoms with Gasteiger partial charge in [0.1, 0.15) is 11.5 Å². The summed E-state index contributed by atoms with van der Waals surface area (Å²) >= 11 is 1.55. The van der Waals surface area contributed by atoms with Gasteiger partial charge >= 0.3 is 0 Å². The van der Waals surface area contributed by atoms with Gasteiger partial charge in [0.05, 0.1) is 17.7 Å². The topological polar surface area (TPSA) is 70.9 Å². The van der Waals surface area contributed by atoms with E-state index < -0.39 is 0 Å². The van der Waals surface area contributed by atoms with Gasteiger partial charge in [-0.15, -0.1) is 11.3 Å². The second kappa shape index (κ2) is 7.70. The van der Waals surface area contributed by atoms with Crippen LogP contribution in [-0.2, 0) is 12.8 Å². The Hall–Kier alpha value is -2.34. The van der Waals surface area contributed by atoms with Gasteiger partial charge in [0.2, 0.25) is 0 Å². The molecule has 0 saturated carbocycles. The van der Waals surface area contributed by atoms with E-state index in [1.165, 1.54) is 29.1 Å². The molecule has 0 bridgehead atoms. The van der Waals surface area contributed by atoms with Gasteiger partial charge in [0, 0.05) is 16.5 Å². The largest absolute Gasteiger partial charge is 0.507 e. The van der Waals surface area contributed by atoms with Gasteiger partial charge in [-0.25, -0.2) is 5.43 Å². The minimum absolute atomic E-state index is 0.0597. The van der Waals surface area contributed by atoms with Crippen molar-refractivity contribution in [2.75, 3.05) is 6.61 Å². The van der Waals surface area contributed by atoms with Crippen LogP contribution in [0, 0.1) is 5.92 Å². The first-order valence-electron chi connectivity index (χ1n) is 8.47. The van der Waals surface area contributed by atoms with Crippen molar-refractivity contribution in [2.24, 2.45) is 11.0 Å². The molecule has 2 aromatic rings. The number of hydrazone groups is 1. The molecule has 132 valence electrons. The summed E-state index contributed by atoms with van der Waals surface area (Å²) in [6, 6.07) is 6.96. The van der Waals surface area contributed by atoms with Crippen molar-refractivity contribution < 1.29 is 14.6 Å². The molecule has 1 aliphatic rings. The van der Waals surface area contributed by atoms with Crippen molar-refractivity contribution in [1.82, 2.24) is 5.43 Å². The van der Waals surface area contributed by atoms with E-state index in [-0.39, 0.29) is 11.7 Å². The van der Waals surface area contributed by atoms with Gasteiger partial charge in [0.15, 0.2) is 0 Å². The van der Waals surface area contributed by atoms with E-state index in [0.29, 0.717) is 28.7 Å². The van der Waals surface area contributed by atoms with Gasteiger partial charge in [0.25, 0.3) is 5.91 Å². The second-order valence-electron chi connectivity index (χ2n) is 6.26. The lowest BCUT2D eigenvalue weighted by Crippen LogP contribution is -2.16. The van der Waals surface area contributed by atoms with Crippen molar-refractivity contribution in [3.8, 4) is 11.5 Å². The fourth-order valence-corrected chi connectivity index (χ4v) is 4.02. The minimum Gasteiger partial charge on any atom is -0.507 e. The molecule has 1 heterocycles. The first kappa shape index (κ1) is 17.5. The van der Waals surface area contributed by atoms with Gasteiger partial charge < -0.3 is 9.84 Å². The second-order valence-corrected chi connectivity index (χ2v) is 7.40. The van der Waals surface area contributed by atoms with Crippen LogP contribution in [0.1, 0.15) is 45.9 Å². The number of aryl methyl sites for hydroxylation is 1. The number of carbonyl (C=O) groups excluding carboxylic acids is 1. The Labute approximate surface area is 151 Å². The number of fused-ring (bicyclic) bond motifs is 1. The van der Waals surface area contributed by atoms with Crippen molar-refractivity contribution in [1.29, 1.82) is 0 Å². The number of thiophene rings is 1. The van der Waals surface area contributed by atoms with Crippen LogP contribution in [0.5, 0.6) is 11.5 Å². The summed E-state index contributed by atoms with van der Waals surface area (Å²) in [6.07, 6.45) is 4.71. The van der Waals surface area contributed by atoms with Crippen LogP contribution in [0.15, 0.2) is 29.4 Å². The Morgan fingerprint density at radius 1 is 1.48 bits per heavy atom. The Morgan fingerprint density at radius 2 is 2.32 bits per heavy atom. The predicted molar refractivity (Wildman–Crippen MR) is 99.8 cm³/mol. The first-order chi connectivity index (χ1) is 12.1. The lowest BCUT2D eigenvalue weighted by Gasteiger charge is -2.16. The monoisotopic (exact) mass is 358 g/mol. The smallest absolute Gasteiger partial charge is 0.281 e. The number of amides is 1. The standard InChI is InChI=1S/C19H22N2O3S/c1-3-24-15-6-5-13(16(22)10-15)11-20-21-19(23)18-9-14-8-12(2)4-7-17(14)25-18/h5-6,9-12,22H,3-4,7-8H2,1-2H3,(H,21,23)/b20-11+/t12-/m0/s1. The number of rotatable bonds is 5. The third-order valence-corrected chi connectivity index (χ3v) is 5.47. The maximum atomic E-state index is 12.3.